The van der Waals surface area contributed by atoms with Crippen LogP contribution in [0.5, 0.6) is 0 Å². The Kier molecular flexibility index (Phi) is 6.67. The molecule has 1 aliphatic heterocycles. The second-order valence-corrected chi connectivity index (χ2v) is 10.4. The molecule has 2 heterocycles. The molecule has 4 aromatic rings. The summed E-state index contributed by atoms with van der Waals surface area (Å²) in [6, 6.07) is 17.4. The highest BCUT2D eigenvalue weighted by atomic mass is 19.4. The van der Waals surface area contributed by atoms with Crippen LogP contribution in [0.3, 0.4) is 0 Å². The molecule has 1 fully saturated rings. The minimum atomic E-state index is -4.61. The Hall–Kier alpha value is -4.02. The number of aromatic nitrogens is 3. The van der Waals surface area contributed by atoms with E-state index in [1.807, 2.05) is 48.0 Å². The lowest BCUT2D eigenvalue weighted by molar-refractivity contribution is -0.138. The van der Waals surface area contributed by atoms with Crippen LogP contribution >= 0.6 is 0 Å². The summed E-state index contributed by atoms with van der Waals surface area (Å²) in [5.41, 5.74) is 2.63. The van der Waals surface area contributed by atoms with E-state index in [0.29, 0.717) is 23.5 Å². The summed E-state index contributed by atoms with van der Waals surface area (Å²) in [5.74, 6) is 0.203. The molecule has 40 heavy (non-hydrogen) atoms. The van der Waals surface area contributed by atoms with Crippen molar-refractivity contribution < 1.29 is 23.1 Å². The van der Waals surface area contributed by atoms with Crippen molar-refractivity contribution in [2.24, 2.45) is 7.05 Å². The standard InChI is InChI=1S/C30H28F3N5O2/c1-37-17-35-36-28(37)22-9-3-2-8-21(22)19-6-4-7-20(14-19)38-16-24-23(29(38)40)12-18(13-25(24)30(31,32)33)15-34-26-10-5-11-27(26)39/h2-4,6-9,12-14,17,26-27,34,39H,5,10-11,15-16H2,1H3/t26-,27-/m0/s1. The van der Waals surface area contributed by atoms with Crippen LogP contribution in [0.15, 0.2) is 67.0 Å². The molecular weight excluding hydrogens is 519 g/mol. The molecule has 2 aliphatic rings. The number of amides is 1. The normalized spacial score (nSPS) is 18.9. The van der Waals surface area contributed by atoms with Gasteiger partial charge in [-0.1, -0.05) is 36.4 Å². The lowest BCUT2D eigenvalue weighted by Gasteiger charge is -2.18. The van der Waals surface area contributed by atoms with Gasteiger partial charge in [-0.15, -0.1) is 10.2 Å². The number of nitrogens with zero attached hydrogens (tertiary/aromatic N) is 4. The van der Waals surface area contributed by atoms with Gasteiger partial charge in [0.1, 0.15) is 6.33 Å². The zero-order valence-corrected chi connectivity index (χ0v) is 21.8. The van der Waals surface area contributed by atoms with Crippen molar-refractivity contribution in [1.29, 1.82) is 0 Å². The molecule has 10 heteroatoms. The molecule has 0 spiro atoms. The number of alkyl halides is 3. The quantitative estimate of drug-likeness (QED) is 0.341. The zero-order valence-electron chi connectivity index (χ0n) is 21.8. The maximum absolute atomic E-state index is 14.2. The Morgan fingerprint density at radius 2 is 1.82 bits per heavy atom. The van der Waals surface area contributed by atoms with Gasteiger partial charge in [0, 0.05) is 36.4 Å². The Morgan fingerprint density at radius 3 is 2.52 bits per heavy atom. The van der Waals surface area contributed by atoms with Crippen LogP contribution in [0.4, 0.5) is 18.9 Å². The average Bonchev–Trinajstić information content (AvgIpc) is 3.65. The van der Waals surface area contributed by atoms with E-state index in [0.717, 1.165) is 35.6 Å². The number of nitrogens with one attached hydrogen (secondary N) is 1. The van der Waals surface area contributed by atoms with Crippen LogP contribution in [0.25, 0.3) is 22.5 Å². The van der Waals surface area contributed by atoms with E-state index in [-0.39, 0.29) is 30.3 Å². The van der Waals surface area contributed by atoms with Crippen LogP contribution in [0.1, 0.15) is 46.3 Å². The largest absolute Gasteiger partial charge is 0.416 e. The first-order chi connectivity index (χ1) is 19.2. The molecule has 1 saturated carbocycles. The Labute approximate surface area is 229 Å². The summed E-state index contributed by atoms with van der Waals surface area (Å²) >= 11 is 0. The van der Waals surface area contributed by atoms with E-state index < -0.39 is 23.8 Å². The van der Waals surface area contributed by atoms with Gasteiger partial charge in [0.2, 0.25) is 0 Å². The van der Waals surface area contributed by atoms with E-state index in [4.69, 9.17) is 0 Å². The molecule has 0 radical (unpaired) electrons. The fourth-order valence-electron chi connectivity index (χ4n) is 5.76. The van der Waals surface area contributed by atoms with Crippen molar-refractivity contribution in [2.45, 2.75) is 50.7 Å². The van der Waals surface area contributed by atoms with Gasteiger partial charge in [-0.3, -0.25) is 4.79 Å². The first kappa shape index (κ1) is 26.2. The predicted molar refractivity (Wildman–Crippen MR) is 144 cm³/mol. The van der Waals surface area contributed by atoms with Gasteiger partial charge < -0.3 is 19.9 Å². The van der Waals surface area contributed by atoms with Gasteiger partial charge in [0.25, 0.3) is 5.91 Å². The van der Waals surface area contributed by atoms with E-state index in [2.05, 4.69) is 15.5 Å². The number of hydrogen-bond acceptors (Lipinski definition) is 5. The third-order valence-electron chi connectivity index (χ3n) is 7.80. The highest BCUT2D eigenvalue weighted by Crippen LogP contribution is 2.40. The molecule has 0 saturated heterocycles. The SMILES string of the molecule is Cn1cnnc1-c1ccccc1-c1cccc(N2Cc3c(cc(CN[C@H]4CCC[C@@H]4O)cc3C(F)(F)F)C2=O)c1. The smallest absolute Gasteiger partial charge is 0.392 e. The molecule has 1 aromatic heterocycles. The number of aryl methyl sites for hydroxylation is 1. The number of rotatable bonds is 6. The summed E-state index contributed by atoms with van der Waals surface area (Å²) in [4.78, 5) is 15.0. The minimum Gasteiger partial charge on any atom is -0.392 e. The molecule has 2 N–H and O–H groups in total. The number of benzene rings is 3. The van der Waals surface area contributed by atoms with E-state index in [9.17, 15) is 23.1 Å². The number of anilines is 1. The van der Waals surface area contributed by atoms with Crippen LogP contribution in [0, 0.1) is 0 Å². The van der Waals surface area contributed by atoms with E-state index in [1.54, 1.807) is 24.5 Å². The van der Waals surface area contributed by atoms with Gasteiger partial charge in [0.15, 0.2) is 5.82 Å². The number of halogens is 3. The Bertz CT molecular complexity index is 1580. The highest BCUT2D eigenvalue weighted by Gasteiger charge is 2.40. The maximum Gasteiger partial charge on any atom is 0.416 e. The first-order valence-electron chi connectivity index (χ1n) is 13.2. The van der Waals surface area contributed by atoms with Crippen molar-refractivity contribution >= 4 is 11.6 Å². The average molecular weight is 548 g/mol. The fraction of sp³-hybridized carbons (Fsp3) is 0.300. The molecule has 1 amide bonds. The van der Waals surface area contributed by atoms with Crippen molar-refractivity contribution in [1.82, 2.24) is 20.1 Å². The van der Waals surface area contributed by atoms with Gasteiger partial charge in [-0.05, 0) is 65.8 Å². The van der Waals surface area contributed by atoms with Crippen LogP contribution < -0.4 is 10.2 Å². The van der Waals surface area contributed by atoms with Gasteiger partial charge in [0.05, 0.1) is 18.2 Å². The molecule has 0 bridgehead atoms. The molecule has 7 nitrogen and oxygen atoms in total. The molecule has 206 valence electrons. The van der Waals surface area contributed by atoms with Crippen molar-refractivity contribution in [2.75, 3.05) is 4.90 Å². The second kappa shape index (κ2) is 10.2. The summed E-state index contributed by atoms with van der Waals surface area (Å²) in [7, 11) is 1.85. The number of carbonyl (C=O) groups is 1. The Balaban J connectivity index is 1.33. The van der Waals surface area contributed by atoms with Crippen molar-refractivity contribution in [3.8, 4) is 22.5 Å². The minimum absolute atomic E-state index is 0.0213. The molecule has 1 aliphatic carbocycles. The predicted octanol–water partition coefficient (Wildman–Crippen LogP) is 5.33. The summed E-state index contributed by atoms with van der Waals surface area (Å²) in [6.45, 7) is -0.0356. The summed E-state index contributed by atoms with van der Waals surface area (Å²) in [5, 5.41) is 21.4. The zero-order chi connectivity index (χ0) is 28.0. The summed E-state index contributed by atoms with van der Waals surface area (Å²) < 4.78 is 44.3. The van der Waals surface area contributed by atoms with Gasteiger partial charge in [-0.25, -0.2) is 0 Å². The molecular formula is C30H28F3N5O2. The van der Waals surface area contributed by atoms with Crippen LogP contribution in [-0.4, -0.2) is 37.9 Å². The Morgan fingerprint density at radius 1 is 1.02 bits per heavy atom. The lowest BCUT2D eigenvalue weighted by Crippen LogP contribution is -2.35. The first-order valence-corrected chi connectivity index (χ1v) is 13.2. The number of hydrogen-bond donors (Lipinski definition) is 2. The van der Waals surface area contributed by atoms with Crippen molar-refractivity contribution in [3.63, 3.8) is 0 Å². The monoisotopic (exact) mass is 547 g/mol. The van der Waals surface area contributed by atoms with Gasteiger partial charge >= 0.3 is 6.18 Å². The van der Waals surface area contributed by atoms with E-state index in [1.165, 1.54) is 4.90 Å². The van der Waals surface area contributed by atoms with Gasteiger partial charge in [-0.2, -0.15) is 13.2 Å². The van der Waals surface area contributed by atoms with E-state index >= 15 is 0 Å². The number of carbonyl (C=O) groups excluding carboxylic acids is 1. The fourth-order valence-corrected chi connectivity index (χ4v) is 5.76. The molecule has 0 unspecified atom stereocenters. The molecule has 6 rings (SSSR count). The topological polar surface area (TPSA) is 83.3 Å². The molecule has 3 aromatic carbocycles. The number of aliphatic hydroxyl groups is 1. The second-order valence-electron chi connectivity index (χ2n) is 10.4. The van der Waals surface area contributed by atoms with Crippen molar-refractivity contribution in [3.05, 3.63) is 89.2 Å². The lowest BCUT2D eigenvalue weighted by atomic mass is 9.98. The third-order valence-corrected chi connectivity index (χ3v) is 7.80. The van der Waals surface area contributed by atoms with Crippen LogP contribution in [-0.2, 0) is 26.3 Å². The third kappa shape index (κ3) is 4.77. The number of aliphatic hydroxyl groups excluding tert-OH is 1. The molecule has 2 atom stereocenters. The maximum atomic E-state index is 14.2. The van der Waals surface area contributed by atoms with Crippen LogP contribution in [0.2, 0.25) is 0 Å². The highest BCUT2D eigenvalue weighted by molar-refractivity contribution is 6.10. The number of fused-ring (bicyclic) bond motifs is 1. The summed E-state index contributed by atoms with van der Waals surface area (Å²) in [6.07, 6.45) is -1.21.